The number of para-hydroxylation sites is 1. The highest BCUT2D eigenvalue weighted by Crippen LogP contribution is 2.43. The van der Waals surface area contributed by atoms with Crippen molar-refractivity contribution < 1.29 is 23.2 Å². The quantitative estimate of drug-likeness (QED) is 0.424. The summed E-state index contributed by atoms with van der Waals surface area (Å²) in [5.74, 6) is 0.701. The van der Waals surface area contributed by atoms with Gasteiger partial charge in [0.05, 0.1) is 13.2 Å². The Bertz CT molecular complexity index is 424. The summed E-state index contributed by atoms with van der Waals surface area (Å²) in [5, 5.41) is 0. The van der Waals surface area contributed by atoms with Crippen molar-refractivity contribution in [2.24, 2.45) is 0 Å². The van der Waals surface area contributed by atoms with E-state index in [-0.39, 0.29) is 19.8 Å². The summed E-state index contributed by atoms with van der Waals surface area (Å²) >= 11 is 0. The number of phosphoric ester groups is 1. The van der Waals surface area contributed by atoms with Gasteiger partial charge in [-0.25, -0.2) is 4.57 Å². The van der Waals surface area contributed by atoms with E-state index in [1.54, 1.807) is 0 Å². The average Bonchev–Trinajstić information content (AvgIpc) is 2.52. The topological polar surface area (TPSA) is 65.0 Å². The van der Waals surface area contributed by atoms with Crippen molar-refractivity contribution in [1.82, 2.24) is 0 Å². The van der Waals surface area contributed by atoms with Crippen LogP contribution < -0.4 is 4.74 Å². The molecule has 1 aromatic carbocycles. The zero-order valence-electron chi connectivity index (χ0n) is 13.3. The van der Waals surface area contributed by atoms with Crippen LogP contribution in [0.1, 0.15) is 45.4 Å². The lowest BCUT2D eigenvalue weighted by atomic mass is 10.1. The highest BCUT2D eigenvalue weighted by Gasteiger charge is 2.20. The monoisotopic (exact) mass is 330 g/mol. The van der Waals surface area contributed by atoms with E-state index in [1.165, 1.54) is 19.3 Å². The third-order valence-corrected chi connectivity index (χ3v) is 4.12. The smallest absolute Gasteiger partial charge is 0.472 e. The van der Waals surface area contributed by atoms with Crippen LogP contribution in [0.25, 0.3) is 0 Å². The average molecular weight is 330 g/mol. The van der Waals surface area contributed by atoms with Crippen molar-refractivity contribution in [3.05, 3.63) is 30.3 Å². The number of ether oxygens (including phenoxy) is 1. The molecule has 1 unspecified atom stereocenters. The predicted molar refractivity (Wildman–Crippen MR) is 87.0 cm³/mol. The van der Waals surface area contributed by atoms with Crippen molar-refractivity contribution in [1.29, 1.82) is 0 Å². The van der Waals surface area contributed by atoms with E-state index < -0.39 is 7.82 Å². The van der Waals surface area contributed by atoms with Gasteiger partial charge in [0, 0.05) is 0 Å². The first-order valence-corrected chi connectivity index (χ1v) is 9.43. The Morgan fingerprint density at radius 3 is 2.27 bits per heavy atom. The molecule has 0 saturated carbocycles. The zero-order valence-corrected chi connectivity index (χ0v) is 14.2. The van der Waals surface area contributed by atoms with Crippen molar-refractivity contribution in [2.45, 2.75) is 45.4 Å². The Labute approximate surface area is 133 Å². The molecular formula is C16H27O5P. The minimum absolute atomic E-state index is 0.0131. The number of hydrogen-bond acceptors (Lipinski definition) is 4. The first-order chi connectivity index (χ1) is 10.6. The van der Waals surface area contributed by atoms with Gasteiger partial charge in [-0.05, 0) is 18.6 Å². The van der Waals surface area contributed by atoms with Crippen LogP contribution in [0.15, 0.2) is 30.3 Å². The molecule has 126 valence electrons. The number of unbranched alkanes of at least 4 members (excludes halogenated alkanes) is 5. The van der Waals surface area contributed by atoms with Crippen LogP contribution in [0.2, 0.25) is 0 Å². The molecule has 0 fully saturated rings. The normalized spacial score (nSPS) is 13.7. The van der Waals surface area contributed by atoms with Gasteiger partial charge in [0.1, 0.15) is 12.4 Å². The molecule has 1 N–H and O–H groups in total. The fourth-order valence-electron chi connectivity index (χ4n) is 1.93. The molecule has 0 radical (unpaired) electrons. The van der Waals surface area contributed by atoms with Gasteiger partial charge in [0.25, 0.3) is 0 Å². The molecule has 0 spiro atoms. The van der Waals surface area contributed by atoms with Gasteiger partial charge in [-0.2, -0.15) is 0 Å². The van der Waals surface area contributed by atoms with E-state index in [0.717, 1.165) is 19.3 Å². The largest absolute Gasteiger partial charge is 0.491 e. The van der Waals surface area contributed by atoms with E-state index in [0.29, 0.717) is 5.75 Å². The van der Waals surface area contributed by atoms with Crippen molar-refractivity contribution in [2.75, 3.05) is 19.8 Å². The SMILES string of the molecule is CCCCCCCCOP(=O)(O)OCCOc1ccccc1. The van der Waals surface area contributed by atoms with Gasteiger partial charge in [-0.15, -0.1) is 0 Å². The summed E-state index contributed by atoms with van der Waals surface area (Å²) in [5.41, 5.74) is 0. The van der Waals surface area contributed by atoms with Gasteiger partial charge in [-0.3, -0.25) is 9.05 Å². The summed E-state index contributed by atoms with van der Waals surface area (Å²) < 4.78 is 26.8. The highest BCUT2D eigenvalue weighted by atomic mass is 31.2. The minimum atomic E-state index is -3.96. The molecule has 0 bridgehead atoms. The maximum atomic E-state index is 11.6. The van der Waals surface area contributed by atoms with E-state index in [4.69, 9.17) is 13.8 Å². The Hall–Kier alpha value is -0.870. The molecule has 6 heteroatoms. The van der Waals surface area contributed by atoms with Crippen molar-refractivity contribution >= 4 is 7.82 Å². The van der Waals surface area contributed by atoms with Crippen LogP contribution in [0.4, 0.5) is 0 Å². The van der Waals surface area contributed by atoms with E-state index in [9.17, 15) is 9.46 Å². The molecule has 0 amide bonds. The molecule has 1 atom stereocenters. The fraction of sp³-hybridized carbons (Fsp3) is 0.625. The molecule has 0 saturated heterocycles. The summed E-state index contributed by atoms with van der Waals surface area (Å²) in [6, 6.07) is 9.23. The molecule has 1 aromatic rings. The van der Waals surface area contributed by atoms with Crippen LogP contribution in [0.3, 0.4) is 0 Å². The number of phosphoric acid groups is 1. The number of rotatable bonds is 13. The van der Waals surface area contributed by atoms with Crippen LogP contribution >= 0.6 is 7.82 Å². The van der Waals surface area contributed by atoms with E-state index >= 15 is 0 Å². The molecule has 0 aromatic heterocycles. The lowest BCUT2D eigenvalue weighted by Gasteiger charge is -2.12. The third kappa shape index (κ3) is 9.96. The Morgan fingerprint density at radius 1 is 0.909 bits per heavy atom. The van der Waals surface area contributed by atoms with Crippen LogP contribution in [-0.4, -0.2) is 24.7 Å². The van der Waals surface area contributed by atoms with Gasteiger partial charge in [0.2, 0.25) is 0 Å². The van der Waals surface area contributed by atoms with Gasteiger partial charge in [0.15, 0.2) is 0 Å². The Morgan fingerprint density at radius 2 is 1.55 bits per heavy atom. The second-order valence-corrected chi connectivity index (χ2v) is 6.52. The fourth-order valence-corrected chi connectivity index (χ4v) is 2.67. The first-order valence-electron chi connectivity index (χ1n) is 7.94. The van der Waals surface area contributed by atoms with E-state index in [2.05, 4.69) is 6.92 Å². The summed E-state index contributed by atoms with van der Waals surface area (Å²) in [6.45, 7) is 2.64. The van der Waals surface area contributed by atoms with Gasteiger partial charge < -0.3 is 9.63 Å². The van der Waals surface area contributed by atoms with Crippen molar-refractivity contribution in [3.8, 4) is 5.75 Å². The molecule has 1 rings (SSSR count). The summed E-state index contributed by atoms with van der Waals surface area (Å²) in [6.07, 6.45) is 6.58. The molecule has 0 aliphatic rings. The van der Waals surface area contributed by atoms with Crippen LogP contribution in [-0.2, 0) is 13.6 Å². The Kier molecular flexibility index (Phi) is 10.2. The standard InChI is InChI=1S/C16H27O5P/c1-2-3-4-5-6-10-13-20-22(17,18)21-15-14-19-16-11-8-7-9-12-16/h7-9,11-12H,2-6,10,13-15H2,1H3,(H,17,18). The number of benzene rings is 1. The minimum Gasteiger partial charge on any atom is -0.491 e. The van der Waals surface area contributed by atoms with Crippen molar-refractivity contribution in [3.63, 3.8) is 0 Å². The molecule has 0 aliphatic heterocycles. The maximum absolute atomic E-state index is 11.6. The lowest BCUT2D eigenvalue weighted by molar-refractivity contribution is 0.127. The van der Waals surface area contributed by atoms with Gasteiger partial charge in [-0.1, -0.05) is 57.2 Å². The van der Waals surface area contributed by atoms with Crippen LogP contribution in [0.5, 0.6) is 5.75 Å². The molecule has 22 heavy (non-hydrogen) atoms. The summed E-state index contributed by atoms with van der Waals surface area (Å²) in [4.78, 5) is 9.51. The molecule has 5 nitrogen and oxygen atoms in total. The predicted octanol–water partition coefficient (Wildman–Crippen LogP) is 4.56. The second kappa shape index (κ2) is 11.7. The Balaban J connectivity index is 2.02. The molecule has 0 aliphatic carbocycles. The van der Waals surface area contributed by atoms with Crippen LogP contribution in [0, 0.1) is 0 Å². The zero-order chi connectivity index (χ0) is 16.1. The molecular weight excluding hydrogens is 303 g/mol. The molecule has 0 heterocycles. The second-order valence-electron chi connectivity index (χ2n) is 5.06. The van der Waals surface area contributed by atoms with Gasteiger partial charge >= 0.3 is 7.82 Å². The number of hydrogen-bond donors (Lipinski definition) is 1. The maximum Gasteiger partial charge on any atom is 0.472 e. The summed E-state index contributed by atoms with van der Waals surface area (Å²) in [7, 11) is -3.96. The first kappa shape index (κ1) is 19.2. The lowest BCUT2D eigenvalue weighted by Crippen LogP contribution is -2.07. The highest BCUT2D eigenvalue weighted by molar-refractivity contribution is 7.47. The third-order valence-electron chi connectivity index (χ3n) is 3.10. The van der Waals surface area contributed by atoms with E-state index in [1.807, 2.05) is 30.3 Å².